The summed E-state index contributed by atoms with van der Waals surface area (Å²) >= 11 is 0. The molecule has 1 saturated heterocycles. The maximum atomic E-state index is 4.81. The summed E-state index contributed by atoms with van der Waals surface area (Å²) in [6, 6.07) is 4.43. The van der Waals surface area contributed by atoms with Gasteiger partial charge in [-0.2, -0.15) is 0 Å². The van der Waals surface area contributed by atoms with E-state index in [0.29, 0.717) is 0 Å². The van der Waals surface area contributed by atoms with Gasteiger partial charge in [-0.05, 0) is 37.9 Å². The molecule has 0 aromatic carbocycles. The molecular formula is C16H27N3. The van der Waals surface area contributed by atoms with Crippen molar-refractivity contribution in [1.82, 2.24) is 10.3 Å². The standard InChI is InChI=1S/C16H27N3/c1-3-17-13-15-9-10-16(18-14(15)2)19-11-7-5-4-6-8-12-19/h9-10,17H,3-8,11-13H2,1-2H3. The smallest absolute Gasteiger partial charge is 0.128 e. The minimum absolute atomic E-state index is 0.926. The van der Waals surface area contributed by atoms with Gasteiger partial charge in [0.05, 0.1) is 0 Å². The van der Waals surface area contributed by atoms with E-state index in [0.717, 1.165) is 13.1 Å². The number of nitrogens with zero attached hydrogens (tertiary/aromatic N) is 2. The van der Waals surface area contributed by atoms with Crippen LogP contribution in [0.2, 0.25) is 0 Å². The second kappa shape index (κ2) is 7.49. The van der Waals surface area contributed by atoms with Gasteiger partial charge in [0.15, 0.2) is 0 Å². The van der Waals surface area contributed by atoms with Crippen LogP contribution < -0.4 is 10.2 Å². The predicted molar refractivity (Wildman–Crippen MR) is 81.7 cm³/mol. The third kappa shape index (κ3) is 4.20. The zero-order chi connectivity index (χ0) is 13.5. The number of rotatable bonds is 4. The summed E-state index contributed by atoms with van der Waals surface area (Å²) in [5.74, 6) is 1.17. The van der Waals surface area contributed by atoms with Crippen molar-refractivity contribution < 1.29 is 0 Å². The highest BCUT2D eigenvalue weighted by molar-refractivity contribution is 5.41. The number of pyridine rings is 1. The number of anilines is 1. The highest BCUT2D eigenvalue weighted by Gasteiger charge is 2.11. The first-order chi connectivity index (χ1) is 9.31. The van der Waals surface area contributed by atoms with E-state index in [1.165, 1.54) is 62.3 Å². The largest absolute Gasteiger partial charge is 0.357 e. The molecule has 0 amide bonds. The SMILES string of the molecule is CCNCc1ccc(N2CCCCCCC2)nc1C. The summed E-state index contributed by atoms with van der Waals surface area (Å²) < 4.78 is 0. The van der Waals surface area contributed by atoms with Crippen LogP contribution >= 0.6 is 0 Å². The zero-order valence-electron chi connectivity index (χ0n) is 12.4. The Bertz CT molecular complexity index is 382. The minimum atomic E-state index is 0.926. The van der Waals surface area contributed by atoms with E-state index in [1.54, 1.807) is 0 Å². The van der Waals surface area contributed by atoms with Crippen molar-refractivity contribution >= 4 is 5.82 Å². The average Bonchev–Trinajstić information content (AvgIpc) is 2.37. The van der Waals surface area contributed by atoms with Crippen molar-refractivity contribution in [1.29, 1.82) is 0 Å². The van der Waals surface area contributed by atoms with E-state index in [1.807, 2.05) is 0 Å². The van der Waals surface area contributed by atoms with E-state index in [-0.39, 0.29) is 0 Å². The quantitative estimate of drug-likeness (QED) is 0.901. The lowest BCUT2D eigenvalue weighted by atomic mass is 10.1. The average molecular weight is 261 g/mol. The molecule has 1 fully saturated rings. The van der Waals surface area contributed by atoms with Gasteiger partial charge in [-0.1, -0.05) is 32.3 Å². The normalized spacial score (nSPS) is 17.1. The lowest BCUT2D eigenvalue weighted by Crippen LogP contribution is -2.28. The van der Waals surface area contributed by atoms with Crippen molar-refractivity contribution in [3.8, 4) is 0 Å². The van der Waals surface area contributed by atoms with Crippen molar-refractivity contribution in [3.05, 3.63) is 23.4 Å². The molecule has 1 aliphatic heterocycles. The van der Waals surface area contributed by atoms with Crippen LogP contribution in [0.15, 0.2) is 12.1 Å². The van der Waals surface area contributed by atoms with Crippen LogP contribution in [0.25, 0.3) is 0 Å². The van der Waals surface area contributed by atoms with Gasteiger partial charge in [0.1, 0.15) is 5.82 Å². The molecule has 3 heteroatoms. The van der Waals surface area contributed by atoms with E-state index in [2.05, 4.69) is 36.2 Å². The number of nitrogens with one attached hydrogen (secondary N) is 1. The fourth-order valence-corrected chi connectivity index (χ4v) is 2.68. The summed E-state index contributed by atoms with van der Waals surface area (Å²) in [5.41, 5.74) is 2.48. The second-order valence-corrected chi connectivity index (χ2v) is 5.45. The Morgan fingerprint density at radius 1 is 1.11 bits per heavy atom. The summed E-state index contributed by atoms with van der Waals surface area (Å²) in [5, 5.41) is 3.37. The van der Waals surface area contributed by atoms with E-state index in [9.17, 15) is 0 Å². The van der Waals surface area contributed by atoms with Gasteiger partial charge in [-0.3, -0.25) is 0 Å². The summed E-state index contributed by atoms with van der Waals surface area (Å²) in [4.78, 5) is 7.27. The molecule has 1 aromatic rings. The highest BCUT2D eigenvalue weighted by Crippen LogP contribution is 2.19. The minimum Gasteiger partial charge on any atom is -0.357 e. The maximum Gasteiger partial charge on any atom is 0.128 e. The maximum absolute atomic E-state index is 4.81. The molecule has 2 rings (SSSR count). The Hall–Kier alpha value is -1.09. The fraction of sp³-hybridized carbons (Fsp3) is 0.688. The molecule has 0 atom stereocenters. The topological polar surface area (TPSA) is 28.2 Å². The van der Waals surface area contributed by atoms with Crippen LogP contribution in [0.3, 0.4) is 0 Å². The molecule has 0 aliphatic carbocycles. The molecular weight excluding hydrogens is 234 g/mol. The zero-order valence-corrected chi connectivity index (χ0v) is 12.4. The van der Waals surface area contributed by atoms with Crippen LogP contribution in [-0.4, -0.2) is 24.6 Å². The number of aromatic nitrogens is 1. The Kier molecular flexibility index (Phi) is 5.64. The second-order valence-electron chi connectivity index (χ2n) is 5.45. The summed E-state index contributed by atoms with van der Waals surface area (Å²) in [6.07, 6.45) is 6.75. The Labute approximate surface area is 117 Å². The lowest BCUT2D eigenvalue weighted by molar-refractivity contribution is 0.553. The summed E-state index contributed by atoms with van der Waals surface area (Å²) in [7, 11) is 0. The van der Waals surface area contributed by atoms with Crippen molar-refractivity contribution in [2.75, 3.05) is 24.5 Å². The third-order valence-corrected chi connectivity index (χ3v) is 3.93. The highest BCUT2D eigenvalue weighted by atomic mass is 15.2. The van der Waals surface area contributed by atoms with Crippen LogP contribution in [0, 0.1) is 6.92 Å². The van der Waals surface area contributed by atoms with Crippen molar-refractivity contribution in [3.63, 3.8) is 0 Å². The third-order valence-electron chi connectivity index (χ3n) is 3.93. The van der Waals surface area contributed by atoms with E-state index in [4.69, 9.17) is 4.98 Å². The Balaban J connectivity index is 2.04. The van der Waals surface area contributed by atoms with Gasteiger partial charge in [0.25, 0.3) is 0 Å². The van der Waals surface area contributed by atoms with Gasteiger partial charge in [-0.15, -0.1) is 0 Å². The first kappa shape index (κ1) is 14.3. The van der Waals surface area contributed by atoms with Gasteiger partial charge in [-0.25, -0.2) is 4.98 Å². The van der Waals surface area contributed by atoms with Gasteiger partial charge < -0.3 is 10.2 Å². The molecule has 1 aliphatic rings. The Morgan fingerprint density at radius 2 is 1.79 bits per heavy atom. The van der Waals surface area contributed by atoms with Crippen LogP contribution in [0.4, 0.5) is 5.82 Å². The van der Waals surface area contributed by atoms with Gasteiger partial charge in [0.2, 0.25) is 0 Å². The molecule has 106 valence electrons. The predicted octanol–water partition coefficient (Wildman–Crippen LogP) is 3.27. The molecule has 19 heavy (non-hydrogen) atoms. The van der Waals surface area contributed by atoms with Crippen molar-refractivity contribution in [2.24, 2.45) is 0 Å². The number of hydrogen-bond donors (Lipinski definition) is 1. The van der Waals surface area contributed by atoms with Gasteiger partial charge >= 0.3 is 0 Å². The van der Waals surface area contributed by atoms with Crippen LogP contribution in [0.1, 0.15) is 50.3 Å². The monoisotopic (exact) mass is 261 g/mol. The first-order valence-electron chi connectivity index (χ1n) is 7.73. The first-order valence-corrected chi connectivity index (χ1v) is 7.73. The molecule has 1 aromatic heterocycles. The molecule has 0 spiro atoms. The van der Waals surface area contributed by atoms with Gasteiger partial charge in [0, 0.05) is 25.3 Å². The Morgan fingerprint density at radius 3 is 2.42 bits per heavy atom. The molecule has 0 unspecified atom stereocenters. The molecule has 0 radical (unpaired) electrons. The van der Waals surface area contributed by atoms with Crippen LogP contribution in [-0.2, 0) is 6.54 Å². The molecule has 2 heterocycles. The molecule has 1 N–H and O–H groups in total. The summed E-state index contributed by atoms with van der Waals surface area (Å²) in [6.45, 7) is 8.53. The molecule has 3 nitrogen and oxygen atoms in total. The van der Waals surface area contributed by atoms with Crippen molar-refractivity contribution in [2.45, 2.75) is 52.5 Å². The molecule has 0 saturated carbocycles. The lowest BCUT2D eigenvalue weighted by Gasteiger charge is -2.26. The number of aryl methyl sites for hydroxylation is 1. The fourth-order valence-electron chi connectivity index (χ4n) is 2.68. The molecule has 0 bridgehead atoms. The van der Waals surface area contributed by atoms with E-state index >= 15 is 0 Å². The number of hydrogen-bond acceptors (Lipinski definition) is 3. The van der Waals surface area contributed by atoms with E-state index < -0.39 is 0 Å². The van der Waals surface area contributed by atoms with Crippen LogP contribution in [0.5, 0.6) is 0 Å².